The number of aromatic nitrogens is 1. The van der Waals surface area contributed by atoms with E-state index in [1.165, 1.54) is 16.7 Å². The summed E-state index contributed by atoms with van der Waals surface area (Å²) in [4.78, 5) is 19.7. The number of carbonyl (C=O) groups is 1. The van der Waals surface area contributed by atoms with E-state index in [0.717, 1.165) is 47.1 Å². The lowest BCUT2D eigenvalue weighted by atomic mass is 9.96. The van der Waals surface area contributed by atoms with Crippen molar-refractivity contribution in [3.05, 3.63) is 64.2 Å². The van der Waals surface area contributed by atoms with Gasteiger partial charge in [-0.2, -0.15) is 0 Å². The zero-order chi connectivity index (χ0) is 19.7. The van der Waals surface area contributed by atoms with Gasteiger partial charge in [-0.05, 0) is 43.9 Å². The molecular weight excluding hydrogens is 368 g/mol. The number of methoxy groups -OCH3 is 1. The Labute approximate surface area is 169 Å². The normalized spacial score (nSPS) is 13.3. The molecule has 28 heavy (non-hydrogen) atoms. The van der Waals surface area contributed by atoms with E-state index in [1.54, 1.807) is 18.4 Å². The molecule has 0 radical (unpaired) electrons. The van der Waals surface area contributed by atoms with Crippen LogP contribution in [0.3, 0.4) is 0 Å². The van der Waals surface area contributed by atoms with E-state index in [-0.39, 0.29) is 5.91 Å². The highest BCUT2D eigenvalue weighted by Crippen LogP contribution is 2.38. The first-order valence-electron chi connectivity index (χ1n) is 9.55. The number of hydrogen-bond donors (Lipinski definition) is 0. The molecule has 0 spiro atoms. The van der Waals surface area contributed by atoms with Crippen molar-refractivity contribution in [1.29, 1.82) is 0 Å². The minimum absolute atomic E-state index is 0.0746. The van der Waals surface area contributed by atoms with Gasteiger partial charge in [0.05, 0.1) is 24.9 Å². The van der Waals surface area contributed by atoms with Crippen LogP contribution in [0.2, 0.25) is 0 Å². The molecule has 0 atom stereocenters. The van der Waals surface area contributed by atoms with E-state index in [1.807, 2.05) is 16.3 Å². The Morgan fingerprint density at radius 1 is 1.18 bits per heavy atom. The van der Waals surface area contributed by atoms with Crippen LogP contribution in [0, 0.1) is 13.8 Å². The zero-order valence-electron chi connectivity index (χ0n) is 16.5. The predicted octanol–water partition coefficient (Wildman–Crippen LogP) is 4.96. The molecule has 144 valence electrons. The first-order valence-corrected chi connectivity index (χ1v) is 10.4. The lowest BCUT2D eigenvalue weighted by Gasteiger charge is -2.32. The van der Waals surface area contributed by atoms with Gasteiger partial charge < -0.3 is 9.64 Å². The molecule has 1 aliphatic rings. The number of rotatable bonds is 4. The van der Waals surface area contributed by atoms with Crippen LogP contribution >= 0.6 is 11.3 Å². The molecule has 0 saturated carbocycles. The van der Waals surface area contributed by atoms with E-state index in [9.17, 15) is 4.79 Å². The van der Waals surface area contributed by atoms with E-state index in [4.69, 9.17) is 9.72 Å². The molecule has 0 saturated heterocycles. The van der Waals surface area contributed by atoms with Gasteiger partial charge in [0, 0.05) is 17.5 Å². The highest BCUT2D eigenvalue weighted by atomic mass is 32.1. The smallest absolute Gasteiger partial charge is 0.233 e. The van der Waals surface area contributed by atoms with Crippen LogP contribution < -0.4 is 9.64 Å². The number of hydrogen-bond acceptors (Lipinski definition) is 4. The molecule has 3 aromatic rings. The van der Waals surface area contributed by atoms with Crippen molar-refractivity contribution in [2.24, 2.45) is 0 Å². The number of fused-ring (bicyclic) bond motifs is 1. The molecular formula is C23H24N2O2S. The van der Waals surface area contributed by atoms with Gasteiger partial charge >= 0.3 is 0 Å². The van der Waals surface area contributed by atoms with Gasteiger partial charge in [-0.1, -0.05) is 35.9 Å². The topological polar surface area (TPSA) is 42.4 Å². The summed E-state index contributed by atoms with van der Waals surface area (Å²) in [7, 11) is 1.66. The van der Waals surface area contributed by atoms with Crippen LogP contribution in [0.15, 0.2) is 41.8 Å². The molecule has 4 nitrogen and oxygen atoms in total. The quantitative estimate of drug-likeness (QED) is 0.630. The van der Waals surface area contributed by atoms with Gasteiger partial charge in [0.1, 0.15) is 10.8 Å². The lowest BCUT2D eigenvalue weighted by molar-refractivity contribution is -0.118. The second-order valence-corrected chi connectivity index (χ2v) is 8.11. The molecule has 0 aliphatic carbocycles. The summed E-state index contributed by atoms with van der Waals surface area (Å²) in [6, 6.07) is 12.3. The fraction of sp³-hybridized carbons (Fsp3) is 0.304. The Bertz CT molecular complexity index is 1010. The molecule has 1 aliphatic heterocycles. The average Bonchev–Trinajstić information content (AvgIpc) is 3.17. The number of anilines is 1. The molecule has 0 unspecified atom stereocenters. The molecule has 0 fully saturated rings. The number of aryl methyl sites for hydroxylation is 2. The Morgan fingerprint density at radius 3 is 2.71 bits per heavy atom. The van der Waals surface area contributed by atoms with E-state index in [2.05, 4.69) is 44.2 Å². The third-order valence-corrected chi connectivity index (χ3v) is 6.20. The minimum atomic E-state index is 0.0746. The third kappa shape index (κ3) is 3.54. The number of benzene rings is 2. The predicted molar refractivity (Wildman–Crippen MR) is 114 cm³/mol. The number of thiazole rings is 1. The standard InChI is InChI=1S/C23H24N2O2S/c1-15-6-9-17(10-7-15)23-24-18(14-28-23)13-21(26)25-12-4-5-19-16(2)8-11-20(27-3)22(19)25/h6-11,14H,4-5,12-13H2,1-3H3. The van der Waals surface area contributed by atoms with Gasteiger partial charge in [0.15, 0.2) is 0 Å². The lowest BCUT2D eigenvalue weighted by Crippen LogP contribution is -2.37. The summed E-state index contributed by atoms with van der Waals surface area (Å²) in [6.45, 7) is 4.89. The van der Waals surface area contributed by atoms with Crippen molar-refractivity contribution >= 4 is 22.9 Å². The van der Waals surface area contributed by atoms with Crippen LogP contribution in [0.5, 0.6) is 5.75 Å². The highest BCUT2D eigenvalue weighted by molar-refractivity contribution is 7.13. The van der Waals surface area contributed by atoms with Crippen LogP contribution in [-0.4, -0.2) is 24.5 Å². The van der Waals surface area contributed by atoms with Crippen molar-refractivity contribution in [1.82, 2.24) is 4.98 Å². The second kappa shape index (κ2) is 7.76. The summed E-state index contributed by atoms with van der Waals surface area (Å²) < 4.78 is 5.56. The van der Waals surface area contributed by atoms with Crippen molar-refractivity contribution in [3.8, 4) is 16.3 Å². The van der Waals surface area contributed by atoms with Crippen molar-refractivity contribution in [3.63, 3.8) is 0 Å². The minimum Gasteiger partial charge on any atom is -0.495 e. The van der Waals surface area contributed by atoms with E-state index in [0.29, 0.717) is 6.42 Å². The number of amides is 1. The Morgan fingerprint density at radius 2 is 1.96 bits per heavy atom. The fourth-order valence-corrected chi connectivity index (χ4v) is 4.56. The summed E-state index contributed by atoms with van der Waals surface area (Å²) >= 11 is 1.59. The van der Waals surface area contributed by atoms with Gasteiger partial charge in [0.2, 0.25) is 5.91 Å². The van der Waals surface area contributed by atoms with Gasteiger partial charge in [-0.15, -0.1) is 11.3 Å². The van der Waals surface area contributed by atoms with Crippen LogP contribution in [-0.2, 0) is 17.6 Å². The number of ether oxygens (including phenoxy) is 1. The third-order valence-electron chi connectivity index (χ3n) is 5.26. The van der Waals surface area contributed by atoms with Crippen molar-refractivity contribution in [2.75, 3.05) is 18.6 Å². The Hall–Kier alpha value is -2.66. The van der Waals surface area contributed by atoms with Crippen molar-refractivity contribution < 1.29 is 9.53 Å². The molecule has 1 aromatic heterocycles. The molecule has 0 N–H and O–H groups in total. The summed E-state index contributed by atoms with van der Waals surface area (Å²) in [6.07, 6.45) is 2.26. The van der Waals surface area contributed by atoms with Crippen LogP contribution in [0.25, 0.3) is 10.6 Å². The first-order chi connectivity index (χ1) is 13.6. The second-order valence-electron chi connectivity index (χ2n) is 7.25. The van der Waals surface area contributed by atoms with Crippen LogP contribution in [0.4, 0.5) is 5.69 Å². The van der Waals surface area contributed by atoms with Gasteiger partial charge in [-0.3, -0.25) is 4.79 Å². The number of nitrogens with zero attached hydrogens (tertiary/aromatic N) is 2. The maximum absolute atomic E-state index is 13.1. The summed E-state index contributed by atoms with van der Waals surface area (Å²) in [5.41, 5.74) is 6.51. The van der Waals surface area contributed by atoms with Gasteiger partial charge in [0.25, 0.3) is 0 Å². The molecule has 5 heteroatoms. The fourth-order valence-electron chi connectivity index (χ4n) is 3.73. The number of carbonyl (C=O) groups excluding carboxylic acids is 1. The molecule has 2 aromatic carbocycles. The molecule has 2 heterocycles. The van der Waals surface area contributed by atoms with Crippen molar-refractivity contribution in [2.45, 2.75) is 33.1 Å². The SMILES string of the molecule is COc1ccc(C)c2c1N(C(=O)Cc1csc(-c3ccc(C)cc3)n1)CCC2. The maximum Gasteiger partial charge on any atom is 0.233 e. The Balaban J connectivity index is 1.58. The van der Waals surface area contributed by atoms with Gasteiger partial charge in [-0.25, -0.2) is 4.98 Å². The monoisotopic (exact) mass is 392 g/mol. The zero-order valence-corrected chi connectivity index (χ0v) is 17.3. The van der Waals surface area contributed by atoms with E-state index < -0.39 is 0 Å². The maximum atomic E-state index is 13.1. The molecule has 1 amide bonds. The summed E-state index contributed by atoms with van der Waals surface area (Å²) in [5, 5.41) is 2.95. The summed E-state index contributed by atoms with van der Waals surface area (Å²) in [5.74, 6) is 0.845. The highest BCUT2D eigenvalue weighted by Gasteiger charge is 2.27. The van der Waals surface area contributed by atoms with E-state index >= 15 is 0 Å². The Kier molecular flexibility index (Phi) is 5.18. The first kappa shape index (κ1) is 18.7. The van der Waals surface area contributed by atoms with Crippen LogP contribution in [0.1, 0.15) is 28.8 Å². The average molecular weight is 393 g/mol. The molecule has 0 bridgehead atoms. The largest absolute Gasteiger partial charge is 0.495 e. The molecule has 4 rings (SSSR count).